The highest BCUT2D eigenvalue weighted by atomic mass is 16.7. The van der Waals surface area contributed by atoms with E-state index in [0.29, 0.717) is 45.8 Å². The Kier molecular flexibility index (Phi) is 11.5. The smallest absolute Gasteiger partial charge is 0.286 e. The number of amides is 1. The highest BCUT2D eigenvalue weighted by molar-refractivity contribution is 5.95. The van der Waals surface area contributed by atoms with E-state index in [4.69, 9.17) is 28.8 Å². The molecule has 0 aliphatic carbocycles. The van der Waals surface area contributed by atoms with Gasteiger partial charge in [-0.1, -0.05) is 18.2 Å². The Bertz CT molecular complexity index is 1660. The van der Waals surface area contributed by atoms with Crippen molar-refractivity contribution in [3.8, 4) is 5.75 Å². The van der Waals surface area contributed by atoms with Crippen LogP contribution < -0.4 is 10.1 Å². The van der Waals surface area contributed by atoms with Crippen LogP contribution in [-0.2, 0) is 30.2 Å². The van der Waals surface area contributed by atoms with E-state index in [9.17, 15) is 9.59 Å². The predicted octanol–water partition coefficient (Wildman–Crippen LogP) is 4.54. The number of nitrogens with zero attached hydrogens (tertiary/aromatic N) is 1. The van der Waals surface area contributed by atoms with Gasteiger partial charge in [0.15, 0.2) is 5.76 Å². The number of benzene rings is 2. The topological polar surface area (TPSA) is 133 Å². The summed E-state index contributed by atoms with van der Waals surface area (Å²) in [6, 6.07) is 13.6. The maximum atomic E-state index is 13.6. The first-order chi connectivity index (χ1) is 22.4. The van der Waals surface area contributed by atoms with Crippen LogP contribution in [0.2, 0.25) is 0 Å². The molecule has 3 N–H and O–H groups in total. The van der Waals surface area contributed by atoms with Crippen molar-refractivity contribution in [2.24, 2.45) is 5.92 Å². The Balaban J connectivity index is 1.38. The number of hydrogen-bond acceptors (Lipinski definition) is 8. The number of hydrogen-bond donors (Lipinski definition) is 3. The second kappa shape index (κ2) is 15.9. The summed E-state index contributed by atoms with van der Waals surface area (Å²) in [4.78, 5) is 29.5. The molecular weight excluding hydrogens is 590 g/mol. The number of aliphatic hydroxyl groups is 1. The maximum Gasteiger partial charge on any atom is 0.286 e. The summed E-state index contributed by atoms with van der Waals surface area (Å²) in [6.45, 7) is 5.60. The fraction of sp³-hybridized carbons (Fsp3) is 0.429. The van der Waals surface area contributed by atoms with E-state index in [1.165, 1.54) is 6.92 Å². The van der Waals surface area contributed by atoms with Gasteiger partial charge in [-0.25, -0.2) is 0 Å². The summed E-state index contributed by atoms with van der Waals surface area (Å²) in [5.41, 5.74) is 3.78. The molecule has 0 saturated heterocycles. The number of carbonyl (C=O) groups is 2. The number of nitrogens with one attached hydrogen (secondary N) is 2. The highest BCUT2D eigenvalue weighted by Gasteiger charge is 2.39. The minimum Gasteiger partial charge on any atom is -0.497 e. The van der Waals surface area contributed by atoms with Gasteiger partial charge >= 0.3 is 0 Å². The molecule has 246 valence electrons. The van der Waals surface area contributed by atoms with E-state index in [0.717, 1.165) is 38.7 Å². The predicted molar refractivity (Wildman–Crippen MR) is 174 cm³/mol. The zero-order valence-electron chi connectivity index (χ0n) is 26.6. The first-order valence-electron chi connectivity index (χ1n) is 15.7. The number of carbonyl (C=O) groups excluding carboxylic acids is 2. The summed E-state index contributed by atoms with van der Waals surface area (Å²) >= 11 is 0. The van der Waals surface area contributed by atoms with Gasteiger partial charge in [0.25, 0.3) is 5.91 Å². The summed E-state index contributed by atoms with van der Waals surface area (Å²) in [5, 5.41) is 13.9. The number of aliphatic hydroxyl groups excluding tert-OH is 1. The first-order valence-corrected chi connectivity index (χ1v) is 15.7. The molecule has 1 aliphatic rings. The summed E-state index contributed by atoms with van der Waals surface area (Å²) in [6.07, 6.45) is 6.13. The van der Waals surface area contributed by atoms with Crippen molar-refractivity contribution in [3.63, 3.8) is 0 Å². The number of allylic oxidation sites excluding steroid dienone is 1. The van der Waals surface area contributed by atoms with Gasteiger partial charge in [-0.2, -0.15) is 0 Å². The molecule has 3 atom stereocenters. The number of fused-ring (bicyclic) bond motifs is 2. The third-order valence-electron chi connectivity index (χ3n) is 8.24. The van der Waals surface area contributed by atoms with E-state index in [1.807, 2.05) is 67.9 Å². The molecule has 5 rings (SSSR count). The molecule has 0 radical (unpaired) electrons. The van der Waals surface area contributed by atoms with E-state index in [-0.39, 0.29) is 42.6 Å². The van der Waals surface area contributed by atoms with Crippen LogP contribution in [0, 0.1) is 5.92 Å². The van der Waals surface area contributed by atoms with E-state index >= 15 is 0 Å². The molecule has 0 fully saturated rings. The van der Waals surface area contributed by atoms with Gasteiger partial charge in [0.1, 0.15) is 5.75 Å². The summed E-state index contributed by atoms with van der Waals surface area (Å²) in [5.74, 6) is 0.00771. The summed E-state index contributed by atoms with van der Waals surface area (Å²) in [7, 11) is 1.64. The number of aromatic amines is 1. The standard InChI is InChI=1S/C35H43N3O8/c1-4-45-35-27(12-15-43-17-18-44-16-14-39)29(30-22-38(23(2)40)32-8-6-5-7-26(30)32)20-33(46-35)34(41)36-13-11-24-21-37-31-10-9-25(42-3)19-28(24)31/h5-10,19-22,27,29,35,37,39H,4,11-18H2,1-3H3,(H,36,41)/t27-,29+,35-/m0/s1. The minimum atomic E-state index is -0.712. The van der Waals surface area contributed by atoms with Crippen molar-refractivity contribution in [1.82, 2.24) is 14.9 Å². The van der Waals surface area contributed by atoms with Crippen LogP contribution in [0.1, 0.15) is 42.1 Å². The number of aromatic nitrogens is 2. The third kappa shape index (κ3) is 7.61. The normalized spacial score (nSPS) is 18.0. The molecule has 2 aromatic carbocycles. The zero-order valence-corrected chi connectivity index (χ0v) is 26.6. The molecule has 4 aromatic rings. The fourth-order valence-corrected chi connectivity index (χ4v) is 6.02. The monoisotopic (exact) mass is 633 g/mol. The first kappa shape index (κ1) is 33.2. The van der Waals surface area contributed by atoms with Gasteiger partial charge in [0, 0.05) is 67.2 Å². The second-order valence-corrected chi connectivity index (χ2v) is 11.1. The lowest BCUT2D eigenvalue weighted by molar-refractivity contribution is -0.168. The van der Waals surface area contributed by atoms with Gasteiger partial charge in [-0.05, 0) is 61.2 Å². The van der Waals surface area contributed by atoms with E-state index in [2.05, 4.69) is 10.3 Å². The molecule has 2 aromatic heterocycles. The minimum absolute atomic E-state index is 0.0362. The Morgan fingerprint density at radius 1 is 1.07 bits per heavy atom. The largest absolute Gasteiger partial charge is 0.497 e. The zero-order chi connectivity index (χ0) is 32.5. The van der Waals surface area contributed by atoms with Crippen molar-refractivity contribution >= 4 is 33.6 Å². The van der Waals surface area contributed by atoms with Crippen molar-refractivity contribution < 1.29 is 38.4 Å². The summed E-state index contributed by atoms with van der Waals surface area (Å²) < 4.78 is 30.5. The molecule has 11 nitrogen and oxygen atoms in total. The van der Waals surface area contributed by atoms with Gasteiger partial charge in [-0.15, -0.1) is 0 Å². The molecule has 11 heteroatoms. The Hall–Kier alpha value is -4.16. The van der Waals surface area contributed by atoms with Crippen molar-refractivity contribution in [1.29, 1.82) is 0 Å². The van der Waals surface area contributed by atoms with Crippen LogP contribution in [0.5, 0.6) is 5.75 Å². The molecule has 0 spiro atoms. The number of rotatable bonds is 16. The average Bonchev–Trinajstić information content (AvgIpc) is 3.66. The molecule has 0 unspecified atom stereocenters. The van der Waals surface area contributed by atoms with Crippen LogP contribution >= 0.6 is 0 Å². The van der Waals surface area contributed by atoms with Gasteiger partial charge in [0.2, 0.25) is 12.2 Å². The van der Waals surface area contributed by atoms with Crippen LogP contribution in [-0.4, -0.2) is 86.1 Å². The van der Waals surface area contributed by atoms with Gasteiger partial charge < -0.3 is 39.1 Å². The van der Waals surface area contributed by atoms with Crippen molar-refractivity contribution in [2.45, 2.75) is 38.9 Å². The lowest BCUT2D eigenvalue weighted by Crippen LogP contribution is -2.39. The van der Waals surface area contributed by atoms with E-state index < -0.39 is 6.29 Å². The van der Waals surface area contributed by atoms with Crippen molar-refractivity contribution in [2.75, 3.05) is 53.3 Å². The molecule has 0 saturated carbocycles. The Morgan fingerprint density at radius 3 is 2.63 bits per heavy atom. The molecule has 46 heavy (non-hydrogen) atoms. The maximum absolute atomic E-state index is 13.6. The highest BCUT2D eigenvalue weighted by Crippen LogP contribution is 2.42. The lowest BCUT2D eigenvalue weighted by atomic mass is 9.81. The lowest BCUT2D eigenvalue weighted by Gasteiger charge is -2.36. The molecule has 1 amide bonds. The quantitative estimate of drug-likeness (QED) is 0.153. The number of para-hydroxylation sites is 1. The van der Waals surface area contributed by atoms with Crippen LogP contribution in [0.25, 0.3) is 21.8 Å². The van der Waals surface area contributed by atoms with Crippen LogP contribution in [0.4, 0.5) is 0 Å². The van der Waals surface area contributed by atoms with Gasteiger partial charge in [-0.3, -0.25) is 14.2 Å². The SMILES string of the molecule is CCO[C@H]1OC(C(=O)NCCc2c[nH]c3ccc(OC)cc23)=C[C@@H](c2cn(C(C)=O)c3ccccc23)[C@@H]1CCOCCOCCO. The van der Waals surface area contributed by atoms with Gasteiger partial charge in [0.05, 0.1) is 39.1 Å². The molecule has 1 aliphatic heterocycles. The molecule has 3 heterocycles. The Labute approximate surface area is 268 Å². The number of H-pyrrole nitrogens is 1. The second-order valence-electron chi connectivity index (χ2n) is 11.1. The molecular formula is C35H43N3O8. The number of ether oxygens (including phenoxy) is 5. The average molecular weight is 634 g/mol. The van der Waals surface area contributed by atoms with Crippen LogP contribution in [0.15, 0.2) is 66.7 Å². The number of methoxy groups -OCH3 is 1. The van der Waals surface area contributed by atoms with Crippen LogP contribution in [0.3, 0.4) is 0 Å². The molecule has 0 bridgehead atoms. The van der Waals surface area contributed by atoms with E-state index in [1.54, 1.807) is 11.7 Å². The fourth-order valence-electron chi connectivity index (χ4n) is 6.02. The Morgan fingerprint density at radius 2 is 1.87 bits per heavy atom. The van der Waals surface area contributed by atoms with Crippen molar-refractivity contribution in [3.05, 3.63) is 77.8 Å². The third-order valence-corrected chi connectivity index (χ3v) is 8.24.